The third-order valence-electron chi connectivity index (χ3n) is 3.89. The summed E-state index contributed by atoms with van der Waals surface area (Å²) in [4.78, 5) is 11.5. The van der Waals surface area contributed by atoms with Gasteiger partial charge in [-0.1, -0.05) is 43.0 Å². The predicted octanol–water partition coefficient (Wildman–Crippen LogP) is 1.87. The molecule has 0 aliphatic heterocycles. The minimum atomic E-state index is -0.161. The standard InChI is InChI=1S/C15H20N4OS/c1-3-8-16-13-11-7-5-4-6-10(11)9-12(13)21-15-18-17-14(20)19(15)2/h4-7,12-13,16H,3,8-9H2,1-2H3,(H,17,20). The fourth-order valence-electron chi connectivity index (χ4n) is 2.78. The Balaban J connectivity index is 1.84. The molecular formula is C15H20N4OS. The van der Waals surface area contributed by atoms with Crippen molar-refractivity contribution in [1.29, 1.82) is 0 Å². The molecule has 0 fully saturated rings. The molecule has 1 aliphatic carbocycles. The first kappa shape index (κ1) is 14.4. The third-order valence-corrected chi connectivity index (χ3v) is 5.21. The molecule has 0 saturated carbocycles. The van der Waals surface area contributed by atoms with Crippen LogP contribution in [0.5, 0.6) is 0 Å². The van der Waals surface area contributed by atoms with E-state index in [0.29, 0.717) is 11.3 Å². The minimum absolute atomic E-state index is 0.161. The Kier molecular flexibility index (Phi) is 4.17. The summed E-state index contributed by atoms with van der Waals surface area (Å²) in [5.41, 5.74) is 2.61. The highest BCUT2D eigenvalue weighted by Crippen LogP contribution is 2.40. The highest BCUT2D eigenvalue weighted by atomic mass is 32.2. The molecule has 2 N–H and O–H groups in total. The number of fused-ring (bicyclic) bond motifs is 1. The van der Waals surface area contributed by atoms with Gasteiger partial charge in [0.25, 0.3) is 0 Å². The van der Waals surface area contributed by atoms with E-state index in [2.05, 4.69) is 46.7 Å². The average molecular weight is 304 g/mol. The van der Waals surface area contributed by atoms with Gasteiger partial charge in [0, 0.05) is 18.3 Å². The lowest BCUT2D eigenvalue weighted by atomic mass is 10.1. The summed E-state index contributed by atoms with van der Waals surface area (Å²) in [7, 11) is 1.75. The number of nitrogens with zero attached hydrogens (tertiary/aromatic N) is 2. The topological polar surface area (TPSA) is 62.7 Å². The number of benzene rings is 1. The van der Waals surface area contributed by atoms with Gasteiger partial charge in [0.1, 0.15) is 0 Å². The third kappa shape index (κ3) is 2.78. The zero-order valence-corrected chi connectivity index (χ0v) is 13.1. The molecule has 2 unspecified atom stereocenters. The van der Waals surface area contributed by atoms with E-state index in [1.165, 1.54) is 11.1 Å². The van der Waals surface area contributed by atoms with Gasteiger partial charge in [-0.05, 0) is 30.5 Å². The summed E-state index contributed by atoms with van der Waals surface area (Å²) in [6.07, 6.45) is 2.11. The molecular weight excluding hydrogens is 284 g/mol. The number of nitrogens with one attached hydrogen (secondary N) is 2. The van der Waals surface area contributed by atoms with Crippen LogP contribution in [0.25, 0.3) is 0 Å². The van der Waals surface area contributed by atoms with E-state index in [9.17, 15) is 4.79 Å². The Morgan fingerprint density at radius 3 is 3.00 bits per heavy atom. The first-order valence-corrected chi connectivity index (χ1v) is 8.18. The zero-order chi connectivity index (χ0) is 14.8. The van der Waals surface area contributed by atoms with Crippen molar-refractivity contribution in [2.45, 2.75) is 36.2 Å². The van der Waals surface area contributed by atoms with E-state index in [1.807, 2.05) is 0 Å². The molecule has 2 aromatic rings. The van der Waals surface area contributed by atoms with Crippen molar-refractivity contribution >= 4 is 11.8 Å². The number of hydrogen-bond acceptors (Lipinski definition) is 4. The number of aromatic amines is 1. The van der Waals surface area contributed by atoms with Gasteiger partial charge in [-0.2, -0.15) is 0 Å². The Morgan fingerprint density at radius 2 is 2.29 bits per heavy atom. The van der Waals surface area contributed by atoms with Gasteiger partial charge < -0.3 is 5.32 Å². The Hall–Kier alpha value is -1.53. The van der Waals surface area contributed by atoms with Crippen LogP contribution >= 0.6 is 11.8 Å². The molecule has 1 heterocycles. The van der Waals surface area contributed by atoms with Gasteiger partial charge in [0.05, 0.1) is 0 Å². The van der Waals surface area contributed by atoms with Crippen LogP contribution in [-0.2, 0) is 13.5 Å². The van der Waals surface area contributed by atoms with Gasteiger partial charge in [0.15, 0.2) is 5.16 Å². The van der Waals surface area contributed by atoms with E-state index >= 15 is 0 Å². The molecule has 21 heavy (non-hydrogen) atoms. The average Bonchev–Trinajstić information content (AvgIpc) is 3.00. The lowest BCUT2D eigenvalue weighted by Crippen LogP contribution is -2.28. The van der Waals surface area contributed by atoms with Gasteiger partial charge in [0.2, 0.25) is 0 Å². The molecule has 1 aromatic heterocycles. The number of hydrogen-bond donors (Lipinski definition) is 2. The molecule has 3 rings (SSSR count). The SMILES string of the molecule is CCCNC1c2ccccc2CC1Sc1n[nH]c(=O)n1C. The van der Waals surface area contributed by atoms with Gasteiger partial charge in [-0.25, -0.2) is 9.89 Å². The van der Waals surface area contributed by atoms with Crippen LogP contribution in [0.4, 0.5) is 0 Å². The lowest BCUT2D eigenvalue weighted by Gasteiger charge is -2.20. The van der Waals surface area contributed by atoms with Gasteiger partial charge in [-0.15, -0.1) is 5.10 Å². The lowest BCUT2D eigenvalue weighted by molar-refractivity contribution is 0.537. The molecule has 0 amide bonds. The van der Waals surface area contributed by atoms with E-state index in [0.717, 1.165) is 24.5 Å². The van der Waals surface area contributed by atoms with Crippen molar-refractivity contribution in [1.82, 2.24) is 20.1 Å². The van der Waals surface area contributed by atoms with Crippen molar-refractivity contribution in [3.05, 3.63) is 45.9 Å². The van der Waals surface area contributed by atoms with Crippen LogP contribution in [0.15, 0.2) is 34.2 Å². The van der Waals surface area contributed by atoms with Crippen LogP contribution in [0.1, 0.15) is 30.5 Å². The quantitative estimate of drug-likeness (QED) is 0.885. The van der Waals surface area contributed by atoms with Crippen molar-refractivity contribution in [2.75, 3.05) is 6.54 Å². The maximum atomic E-state index is 11.5. The Bertz CT molecular complexity index is 678. The maximum Gasteiger partial charge on any atom is 0.343 e. The number of aromatic nitrogens is 3. The fourth-order valence-corrected chi connectivity index (χ4v) is 4.03. The molecule has 6 heteroatoms. The molecule has 1 aliphatic rings. The van der Waals surface area contributed by atoms with Gasteiger partial charge >= 0.3 is 5.69 Å². The second-order valence-corrected chi connectivity index (χ2v) is 6.57. The molecule has 112 valence electrons. The summed E-state index contributed by atoms with van der Waals surface area (Å²) in [6, 6.07) is 8.90. The van der Waals surface area contributed by atoms with Gasteiger partial charge in [-0.3, -0.25) is 4.57 Å². The molecule has 0 saturated heterocycles. The van der Waals surface area contributed by atoms with E-state index in [1.54, 1.807) is 23.4 Å². The minimum Gasteiger partial charge on any atom is -0.309 e. The van der Waals surface area contributed by atoms with Crippen molar-refractivity contribution in [2.24, 2.45) is 7.05 Å². The second-order valence-electron chi connectivity index (χ2n) is 5.36. The predicted molar refractivity (Wildman–Crippen MR) is 84.7 cm³/mol. The summed E-state index contributed by atoms with van der Waals surface area (Å²) in [6.45, 7) is 3.17. The number of thioether (sulfide) groups is 1. The Labute approximate surface area is 128 Å². The molecule has 0 radical (unpaired) electrons. The van der Waals surface area contributed by atoms with Crippen LogP contribution in [0.3, 0.4) is 0 Å². The maximum absolute atomic E-state index is 11.5. The highest BCUT2D eigenvalue weighted by Gasteiger charge is 2.33. The van der Waals surface area contributed by atoms with E-state index in [-0.39, 0.29) is 5.69 Å². The molecule has 5 nitrogen and oxygen atoms in total. The zero-order valence-electron chi connectivity index (χ0n) is 12.3. The summed E-state index contributed by atoms with van der Waals surface area (Å²) in [5.74, 6) is 0. The van der Waals surface area contributed by atoms with E-state index in [4.69, 9.17) is 0 Å². The monoisotopic (exact) mass is 304 g/mol. The number of rotatable bonds is 5. The normalized spacial score (nSPS) is 20.7. The highest BCUT2D eigenvalue weighted by molar-refractivity contribution is 7.99. The van der Waals surface area contributed by atoms with Crippen LogP contribution < -0.4 is 11.0 Å². The summed E-state index contributed by atoms with van der Waals surface area (Å²) < 4.78 is 1.57. The summed E-state index contributed by atoms with van der Waals surface area (Å²) in [5, 5.41) is 11.4. The van der Waals surface area contributed by atoms with Crippen LogP contribution in [-0.4, -0.2) is 26.6 Å². The molecule has 0 spiro atoms. The molecule has 2 atom stereocenters. The number of H-pyrrole nitrogens is 1. The van der Waals surface area contributed by atoms with Crippen molar-refractivity contribution in [3.63, 3.8) is 0 Å². The van der Waals surface area contributed by atoms with Crippen molar-refractivity contribution in [3.8, 4) is 0 Å². The summed E-state index contributed by atoms with van der Waals surface area (Å²) >= 11 is 1.67. The van der Waals surface area contributed by atoms with Crippen LogP contribution in [0.2, 0.25) is 0 Å². The van der Waals surface area contributed by atoms with Crippen LogP contribution in [0, 0.1) is 0 Å². The Morgan fingerprint density at radius 1 is 1.48 bits per heavy atom. The first-order valence-electron chi connectivity index (χ1n) is 7.30. The largest absolute Gasteiger partial charge is 0.343 e. The molecule has 0 bridgehead atoms. The van der Waals surface area contributed by atoms with E-state index < -0.39 is 0 Å². The first-order chi connectivity index (χ1) is 10.2. The smallest absolute Gasteiger partial charge is 0.309 e. The molecule has 1 aromatic carbocycles. The fraction of sp³-hybridized carbons (Fsp3) is 0.467. The second kappa shape index (κ2) is 6.07. The van der Waals surface area contributed by atoms with Crippen molar-refractivity contribution < 1.29 is 0 Å².